The Kier molecular flexibility index (Phi) is 46.2. The highest BCUT2D eigenvalue weighted by atomic mass is 16.5. The average molecular weight is 856 g/mol. The number of carbonyl (C=O) groups is 2. The molecule has 0 fully saturated rings. The second kappa shape index (κ2) is 47.2. The molecule has 0 aromatic heterocycles. The van der Waals surface area contributed by atoms with Crippen LogP contribution in [0.5, 0.6) is 0 Å². The first kappa shape index (κ1) is 58.7. The van der Waals surface area contributed by atoms with Gasteiger partial charge in [-0.2, -0.15) is 0 Å². The topological polar surface area (TPSA) is 115 Å². The van der Waals surface area contributed by atoms with Gasteiger partial charge in [-0.05, 0) is 64.5 Å². The Morgan fingerprint density at radius 2 is 0.750 bits per heavy atom. The molecule has 0 rings (SSSR count). The summed E-state index contributed by atoms with van der Waals surface area (Å²) in [5.41, 5.74) is 0. The summed E-state index contributed by atoms with van der Waals surface area (Å²) in [6.07, 6.45) is 36.3. The standard InChI is InChI=1S/C51H101NO8/c1-5-9-13-17-19-27-35-47(33-25-15-11-7-3)50(55)59-40-31-23-21-29-37-52(39-42-57-43-44-58-49(45-53)46-54)38-30-22-24-32-41-60-51(56)48(34-26-16-12-8-4)36-28-20-18-14-10-6-2/h47-49,53-54H,5-46H2,1-4H3. The maximum absolute atomic E-state index is 13.1. The van der Waals surface area contributed by atoms with Crippen molar-refractivity contribution in [1.29, 1.82) is 0 Å². The van der Waals surface area contributed by atoms with Crippen molar-refractivity contribution in [3.63, 3.8) is 0 Å². The minimum Gasteiger partial charge on any atom is -0.465 e. The van der Waals surface area contributed by atoms with Crippen molar-refractivity contribution in [3.05, 3.63) is 0 Å². The van der Waals surface area contributed by atoms with E-state index in [2.05, 4.69) is 32.6 Å². The summed E-state index contributed by atoms with van der Waals surface area (Å²) in [4.78, 5) is 28.6. The van der Waals surface area contributed by atoms with Crippen molar-refractivity contribution in [3.8, 4) is 0 Å². The number of carbonyl (C=O) groups excluding carboxylic acids is 2. The molecule has 2 N–H and O–H groups in total. The Morgan fingerprint density at radius 3 is 1.15 bits per heavy atom. The molecule has 0 aromatic rings. The molecule has 358 valence electrons. The van der Waals surface area contributed by atoms with Crippen LogP contribution in [0.1, 0.15) is 233 Å². The Balaban J connectivity index is 4.67. The van der Waals surface area contributed by atoms with Gasteiger partial charge in [0.05, 0.1) is 58.1 Å². The number of unbranched alkanes of at least 4 members (excludes halogenated alkanes) is 22. The highest BCUT2D eigenvalue weighted by Crippen LogP contribution is 2.22. The van der Waals surface area contributed by atoms with Crippen LogP contribution in [0.2, 0.25) is 0 Å². The van der Waals surface area contributed by atoms with Crippen molar-refractivity contribution in [2.75, 3.05) is 65.9 Å². The zero-order valence-corrected chi connectivity index (χ0v) is 40.2. The third-order valence-corrected chi connectivity index (χ3v) is 12.1. The van der Waals surface area contributed by atoms with Crippen LogP contribution in [-0.4, -0.2) is 99.0 Å². The molecule has 0 heterocycles. The largest absolute Gasteiger partial charge is 0.465 e. The molecule has 0 aliphatic heterocycles. The van der Waals surface area contributed by atoms with Gasteiger partial charge in [-0.1, -0.05) is 182 Å². The van der Waals surface area contributed by atoms with E-state index in [1.54, 1.807) is 0 Å². The monoisotopic (exact) mass is 856 g/mol. The number of hydrogen-bond donors (Lipinski definition) is 2. The number of esters is 2. The third kappa shape index (κ3) is 38.4. The Bertz CT molecular complexity index is 829. The van der Waals surface area contributed by atoms with Crippen molar-refractivity contribution >= 4 is 11.9 Å². The number of nitrogens with zero attached hydrogens (tertiary/aromatic N) is 1. The van der Waals surface area contributed by atoms with E-state index in [1.807, 2.05) is 0 Å². The lowest BCUT2D eigenvalue weighted by Crippen LogP contribution is -2.30. The lowest BCUT2D eigenvalue weighted by molar-refractivity contribution is -0.150. The van der Waals surface area contributed by atoms with E-state index in [-0.39, 0.29) is 37.0 Å². The van der Waals surface area contributed by atoms with Crippen LogP contribution >= 0.6 is 0 Å². The molecule has 2 atom stereocenters. The molecule has 0 saturated carbocycles. The summed E-state index contributed by atoms with van der Waals surface area (Å²) in [5.74, 6) is 0.189. The second-order valence-corrected chi connectivity index (χ2v) is 17.7. The van der Waals surface area contributed by atoms with Gasteiger partial charge in [0, 0.05) is 6.54 Å². The van der Waals surface area contributed by atoms with Gasteiger partial charge in [-0.25, -0.2) is 0 Å². The van der Waals surface area contributed by atoms with Gasteiger partial charge >= 0.3 is 11.9 Å². The summed E-state index contributed by atoms with van der Waals surface area (Å²) >= 11 is 0. The normalized spacial score (nSPS) is 12.7. The van der Waals surface area contributed by atoms with E-state index in [1.165, 1.54) is 103 Å². The first-order chi connectivity index (χ1) is 29.5. The fourth-order valence-corrected chi connectivity index (χ4v) is 7.97. The SMILES string of the molecule is CCCCCCCCC(CCCCCC)C(=O)OCCCCCCN(CCCCCCOC(=O)C(CCCCCC)CCCCCCCC)CCOCCOC(CO)CO. The van der Waals surface area contributed by atoms with E-state index in [9.17, 15) is 19.8 Å². The van der Waals surface area contributed by atoms with Crippen LogP contribution in [0.4, 0.5) is 0 Å². The fraction of sp³-hybridized carbons (Fsp3) is 0.961. The highest BCUT2D eigenvalue weighted by Gasteiger charge is 2.20. The van der Waals surface area contributed by atoms with Gasteiger partial charge in [0.25, 0.3) is 0 Å². The molecule has 0 spiro atoms. The molecular weight excluding hydrogens is 755 g/mol. The first-order valence-corrected chi connectivity index (χ1v) is 25.9. The quantitative estimate of drug-likeness (QED) is 0.0456. The summed E-state index contributed by atoms with van der Waals surface area (Å²) in [6.45, 7) is 13.9. The number of aliphatic hydroxyl groups is 2. The molecule has 0 saturated heterocycles. The van der Waals surface area contributed by atoms with E-state index in [4.69, 9.17) is 18.9 Å². The maximum atomic E-state index is 13.1. The summed E-state index contributed by atoms with van der Waals surface area (Å²) < 4.78 is 23.0. The number of ether oxygens (including phenoxy) is 4. The molecule has 60 heavy (non-hydrogen) atoms. The average Bonchev–Trinajstić information content (AvgIpc) is 3.25. The van der Waals surface area contributed by atoms with Gasteiger partial charge in [0.1, 0.15) is 6.10 Å². The van der Waals surface area contributed by atoms with Gasteiger partial charge in [-0.15, -0.1) is 0 Å². The molecule has 0 bridgehead atoms. The van der Waals surface area contributed by atoms with Crippen molar-refractivity contribution in [2.45, 2.75) is 239 Å². The zero-order chi connectivity index (χ0) is 44.0. The van der Waals surface area contributed by atoms with Crippen LogP contribution < -0.4 is 0 Å². The Hall–Kier alpha value is -1.26. The first-order valence-electron chi connectivity index (χ1n) is 25.9. The smallest absolute Gasteiger partial charge is 0.308 e. The minimum atomic E-state index is -0.554. The van der Waals surface area contributed by atoms with Crippen LogP contribution in [0, 0.1) is 11.8 Å². The van der Waals surface area contributed by atoms with Gasteiger partial charge in [0.15, 0.2) is 0 Å². The molecule has 0 radical (unpaired) electrons. The lowest BCUT2D eigenvalue weighted by atomic mass is 9.94. The lowest BCUT2D eigenvalue weighted by Gasteiger charge is -2.22. The van der Waals surface area contributed by atoms with E-state index in [0.717, 1.165) is 122 Å². The van der Waals surface area contributed by atoms with Crippen LogP contribution in [-0.2, 0) is 28.5 Å². The molecule has 0 aromatic carbocycles. The minimum absolute atomic E-state index is 0.0310. The second-order valence-electron chi connectivity index (χ2n) is 17.7. The molecule has 0 amide bonds. The van der Waals surface area contributed by atoms with Crippen molar-refractivity contribution in [2.24, 2.45) is 11.8 Å². The molecule has 9 nitrogen and oxygen atoms in total. The molecule has 0 aliphatic carbocycles. The molecule has 9 heteroatoms. The summed E-state index contributed by atoms with van der Waals surface area (Å²) in [6, 6.07) is 0. The molecule has 0 aliphatic rings. The van der Waals surface area contributed by atoms with Crippen LogP contribution in [0.25, 0.3) is 0 Å². The third-order valence-electron chi connectivity index (χ3n) is 12.1. The number of rotatable bonds is 49. The molecular formula is C51H101NO8. The number of aliphatic hydroxyl groups excluding tert-OH is 2. The number of hydrogen-bond acceptors (Lipinski definition) is 9. The van der Waals surface area contributed by atoms with Gasteiger partial charge in [-0.3, -0.25) is 9.59 Å². The van der Waals surface area contributed by atoms with Gasteiger partial charge in [0.2, 0.25) is 0 Å². The summed E-state index contributed by atoms with van der Waals surface area (Å²) in [5, 5.41) is 18.4. The van der Waals surface area contributed by atoms with Crippen molar-refractivity contribution in [1.82, 2.24) is 4.90 Å². The van der Waals surface area contributed by atoms with E-state index in [0.29, 0.717) is 33.0 Å². The fourth-order valence-electron chi connectivity index (χ4n) is 7.97. The Morgan fingerprint density at radius 1 is 0.400 bits per heavy atom. The van der Waals surface area contributed by atoms with Gasteiger partial charge < -0.3 is 34.1 Å². The Labute approximate surface area is 371 Å². The van der Waals surface area contributed by atoms with E-state index < -0.39 is 6.10 Å². The predicted octanol–water partition coefficient (Wildman–Crippen LogP) is 12.6. The zero-order valence-electron chi connectivity index (χ0n) is 40.2. The summed E-state index contributed by atoms with van der Waals surface area (Å²) in [7, 11) is 0. The van der Waals surface area contributed by atoms with Crippen LogP contribution in [0.15, 0.2) is 0 Å². The van der Waals surface area contributed by atoms with Crippen molar-refractivity contribution < 1.29 is 38.7 Å². The van der Waals surface area contributed by atoms with Crippen LogP contribution in [0.3, 0.4) is 0 Å². The van der Waals surface area contributed by atoms with E-state index >= 15 is 0 Å². The predicted molar refractivity (Wildman–Crippen MR) is 251 cm³/mol. The molecule has 2 unspecified atom stereocenters. The maximum Gasteiger partial charge on any atom is 0.308 e. The highest BCUT2D eigenvalue weighted by molar-refractivity contribution is 5.72.